The van der Waals surface area contributed by atoms with Crippen molar-refractivity contribution in [2.45, 2.75) is 156 Å². The van der Waals surface area contributed by atoms with Gasteiger partial charge in [-0.1, -0.05) is 190 Å². The molecule has 63 heavy (non-hydrogen) atoms. The first-order chi connectivity index (χ1) is 30.1. The van der Waals surface area contributed by atoms with Crippen LogP contribution in [-0.2, 0) is 74.6 Å². The SMILES string of the molecule is CC(C)(C)c1cc2c(OCc3ccccc3)c(c1)CCCc1cc(C(C)(C)C)cc(c1OCc1ccccc1)CCCc1cc(C(C)(C)C)cc(c1OCc1ccccc1)CCC2. The Morgan fingerprint density at radius 1 is 0.317 bits per heavy atom. The molecule has 0 saturated carbocycles. The number of ether oxygens (including phenoxy) is 3. The van der Waals surface area contributed by atoms with E-state index in [1.165, 1.54) is 66.8 Å². The molecule has 6 aromatic rings. The summed E-state index contributed by atoms with van der Waals surface area (Å²) in [7, 11) is 0. The van der Waals surface area contributed by atoms with Crippen LogP contribution in [0.15, 0.2) is 127 Å². The zero-order valence-electron chi connectivity index (χ0n) is 39.8. The van der Waals surface area contributed by atoms with E-state index in [4.69, 9.17) is 14.2 Å². The molecule has 0 fully saturated rings. The molecule has 0 N–H and O–H groups in total. The molecule has 0 spiro atoms. The summed E-state index contributed by atoms with van der Waals surface area (Å²) in [5.41, 5.74) is 15.4. The van der Waals surface area contributed by atoms with Crippen molar-refractivity contribution in [3.63, 3.8) is 0 Å². The highest BCUT2D eigenvalue weighted by Gasteiger charge is 2.25. The molecule has 0 radical (unpaired) electrons. The van der Waals surface area contributed by atoms with Gasteiger partial charge in [0.2, 0.25) is 0 Å². The van der Waals surface area contributed by atoms with Crippen LogP contribution in [0, 0.1) is 0 Å². The monoisotopic (exact) mass is 841 g/mol. The largest absolute Gasteiger partial charge is 0.488 e. The van der Waals surface area contributed by atoms with Crippen LogP contribution in [0.1, 0.15) is 148 Å². The van der Waals surface area contributed by atoms with E-state index in [9.17, 15) is 0 Å². The minimum Gasteiger partial charge on any atom is -0.488 e. The Labute approximate surface area is 380 Å². The maximum absolute atomic E-state index is 6.99. The van der Waals surface area contributed by atoms with Crippen molar-refractivity contribution in [3.05, 3.63) is 194 Å². The van der Waals surface area contributed by atoms with Crippen LogP contribution in [0.25, 0.3) is 0 Å². The highest BCUT2D eigenvalue weighted by Crippen LogP contribution is 2.40. The van der Waals surface area contributed by atoms with Gasteiger partial charge in [0.1, 0.15) is 37.1 Å². The van der Waals surface area contributed by atoms with Crippen LogP contribution in [-0.4, -0.2) is 0 Å². The summed E-state index contributed by atoms with van der Waals surface area (Å²) in [5.74, 6) is 3.17. The molecule has 0 heterocycles. The predicted molar refractivity (Wildman–Crippen MR) is 264 cm³/mol. The second-order valence-corrected chi connectivity index (χ2v) is 21.0. The first-order valence-corrected chi connectivity index (χ1v) is 23.6. The minimum absolute atomic E-state index is 0.0127. The van der Waals surface area contributed by atoms with E-state index in [0.29, 0.717) is 19.8 Å². The highest BCUT2D eigenvalue weighted by molar-refractivity contribution is 5.51. The normalized spacial score (nSPS) is 14.0. The minimum atomic E-state index is -0.0127. The highest BCUT2D eigenvalue weighted by atomic mass is 16.5. The number of hydrogen-bond acceptors (Lipinski definition) is 3. The number of rotatable bonds is 9. The van der Waals surface area contributed by atoms with Crippen molar-refractivity contribution in [1.29, 1.82) is 0 Å². The predicted octanol–water partition coefficient (Wildman–Crippen LogP) is 15.2. The number of hydrogen-bond donors (Lipinski definition) is 0. The van der Waals surface area contributed by atoms with Gasteiger partial charge in [-0.05, 0) is 141 Å². The van der Waals surface area contributed by atoms with Crippen LogP contribution in [0.2, 0.25) is 0 Å². The molecule has 1 aliphatic carbocycles. The molecule has 0 atom stereocenters. The fourth-order valence-corrected chi connectivity index (χ4v) is 8.83. The van der Waals surface area contributed by atoms with Gasteiger partial charge in [-0.3, -0.25) is 0 Å². The maximum atomic E-state index is 6.99. The number of aryl methyl sites for hydroxylation is 6. The Bertz CT molecular complexity index is 2060. The second-order valence-electron chi connectivity index (χ2n) is 21.0. The summed E-state index contributed by atoms with van der Waals surface area (Å²) < 4.78 is 21.0. The van der Waals surface area contributed by atoms with Gasteiger partial charge in [0.15, 0.2) is 0 Å². The van der Waals surface area contributed by atoms with E-state index < -0.39 is 0 Å². The maximum Gasteiger partial charge on any atom is 0.126 e. The Hall–Kier alpha value is -5.28. The molecule has 0 saturated heterocycles. The molecule has 330 valence electrons. The van der Waals surface area contributed by atoms with Gasteiger partial charge in [0.25, 0.3) is 0 Å². The van der Waals surface area contributed by atoms with Crippen molar-refractivity contribution in [2.24, 2.45) is 0 Å². The lowest BCUT2D eigenvalue weighted by molar-refractivity contribution is 0.296. The van der Waals surface area contributed by atoms with Crippen molar-refractivity contribution >= 4 is 0 Å². The lowest BCUT2D eigenvalue weighted by Gasteiger charge is -2.26. The summed E-state index contributed by atoms with van der Waals surface area (Å²) in [4.78, 5) is 0. The molecule has 0 aliphatic heterocycles. The topological polar surface area (TPSA) is 27.7 Å². The van der Waals surface area contributed by atoms with Crippen molar-refractivity contribution in [3.8, 4) is 17.2 Å². The molecular formula is C60H72O3. The van der Waals surface area contributed by atoms with Crippen LogP contribution < -0.4 is 14.2 Å². The van der Waals surface area contributed by atoms with E-state index in [-0.39, 0.29) is 16.2 Å². The fourth-order valence-electron chi connectivity index (χ4n) is 8.83. The molecule has 6 aromatic carbocycles. The smallest absolute Gasteiger partial charge is 0.126 e. The lowest BCUT2D eigenvalue weighted by atomic mass is 9.81. The van der Waals surface area contributed by atoms with Gasteiger partial charge in [-0.15, -0.1) is 0 Å². The van der Waals surface area contributed by atoms with E-state index in [1.54, 1.807) is 0 Å². The molecule has 1 aliphatic rings. The Kier molecular flexibility index (Phi) is 14.6. The molecule has 0 amide bonds. The van der Waals surface area contributed by atoms with Gasteiger partial charge >= 0.3 is 0 Å². The van der Waals surface area contributed by atoms with Crippen molar-refractivity contribution in [1.82, 2.24) is 0 Å². The van der Waals surface area contributed by atoms with E-state index in [1.807, 2.05) is 0 Å². The lowest BCUT2D eigenvalue weighted by Crippen LogP contribution is -2.15. The molecule has 7 rings (SSSR count). The average molecular weight is 841 g/mol. The van der Waals surface area contributed by atoms with Crippen LogP contribution in [0.3, 0.4) is 0 Å². The summed E-state index contributed by atoms with van der Waals surface area (Å²) in [6, 6.07) is 46.5. The Morgan fingerprint density at radius 2 is 0.524 bits per heavy atom. The zero-order valence-corrected chi connectivity index (χ0v) is 39.8. The molecule has 6 bridgehead atoms. The standard InChI is InChI=1S/C60H72O3/c1-58(2,3)52-34-46-28-19-30-48-36-53(59(4,5)6)38-50(56(48)62-41-44-24-15-11-16-25-44)32-21-33-51-39-54(60(7,8)9)37-49(57(51)63-42-45-26-17-12-18-27-45)31-20-29-47(35-52)55(46)61-40-43-22-13-10-14-23-43/h10-18,22-27,34-39H,19-21,28-33,40-42H2,1-9H3. The molecule has 3 nitrogen and oxygen atoms in total. The van der Waals surface area contributed by atoms with Gasteiger partial charge in [0.05, 0.1) is 0 Å². The number of fused-ring (bicyclic) bond motifs is 6. The van der Waals surface area contributed by atoms with Crippen molar-refractivity contribution < 1.29 is 14.2 Å². The quantitative estimate of drug-likeness (QED) is 0.145. The summed E-state index contributed by atoms with van der Waals surface area (Å²) in [5, 5.41) is 0. The summed E-state index contributed by atoms with van der Waals surface area (Å²) >= 11 is 0. The molecule has 3 heteroatoms. The summed E-state index contributed by atoms with van der Waals surface area (Å²) in [6.07, 6.45) is 8.49. The van der Waals surface area contributed by atoms with Gasteiger partial charge in [-0.2, -0.15) is 0 Å². The summed E-state index contributed by atoms with van der Waals surface area (Å²) in [6.45, 7) is 22.7. The Morgan fingerprint density at radius 3 is 0.714 bits per heavy atom. The van der Waals surface area contributed by atoms with Gasteiger partial charge in [0, 0.05) is 0 Å². The van der Waals surface area contributed by atoms with E-state index in [0.717, 1.165) is 75.0 Å². The third-order valence-electron chi connectivity index (χ3n) is 12.7. The number of benzene rings is 6. The third-order valence-corrected chi connectivity index (χ3v) is 12.7. The molecule has 0 unspecified atom stereocenters. The van der Waals surface area contributed by atoms with Crippen molar-refractivity contribution in [2.75, 3.05) is 0 Å². The second kappa shape index (κ2) is 20.0. The van der Waals surface area contributed by atoms with Gasteiger partial charge in [-0.25, -0.2) is 0 Å². The first-order valence-electron chi connectivity index (χ1n) is 23.6. The molecular weight excluding hydrogens is 769 g/mol. The average Bonchev–Trinajstić information content (AvgIpc) is 3.24. The van der Waals surface area contributed by atoms with Crippen LogP contribution >= 0.6 is 0 Å². The zero-order chi connectivity index (χ0) is 44.6. The van der Waals surface area contributed by atoms with E-state index >= 15 is 0 Å². The van der Waals surface area contributed by atoms with Crippen LogP contribution in [0.5, 0.6) is 17.2 Å². The third kappa shape index (κ3) is 12.3. The fraction of sp³-hybridized carbons (Fsp3) is 0.400. The molecule has 0 aromatic heterocycles. The van der Waals surface area contributed by atoms with Crippen LogP contribution in [0.4, 0.5) is 0 Å². The van der Waals surface area contributed by atoms with Gasteiger partial charge < -0.3 is 14.2 Å². The van der Waals surface area contributed by atoms with E-state index in [2.05, 4.69) is 190 Å². The Balaban J connectivity index is 1.38. The first kappa shape index (κ1) is 45.7.